The van der Waals surface area contributed by atoms with Gasteiger partial charge in [-0.15, -0.1) is 0 Å². The van der Waals surface area contributed by atoms with Gasteiger partial charge >= 0.3 is 15.6 Å². The summed E-state index contributed by atoms with van der Waals surface area (Å²) in [6.07, 6.45) is 0.804. The van der Waals surface area contributed by atoms with Crippen LogP contribution in [0, 0.1) is 0 Å². The number of rotatable bonds is 14. The van der Waals surface area contributed by atoms with Gasteiger partial charge in [0.15, 0.2) is 0 Å². The summed E-state index contributed by atoms with van der Waals surface area (Å²) in [4.78, 5) is 60.0. The zero-order valence-electron chi connectivity index (χ0n) is 18.7. The Hall–Kier alpha value is -1.22. The molecule has 4 N–H and O–H groups in total. The minimum atomic E-state index is -4.64. The molecule has 0 atom stereocenters. The second-order valence-corrected chi connectivity index (χ2v) is 11.3. The highest BCUT2D eigenvalue weighted by molar-refractivity contribution is 7.46. The zero-order chi connectivity index (χ0) is 24.8. The van der Waals surface area contributed by atoms with E-state index in [1.165, 1.54) is 27.7 Å². The third kappa shape index (κ3) is 13.4. The van der Waals surface area contributed by atoms with Crippen LogP contribution in [0.3, 0.4) is 0 Å². The summed E-state index contributed by atoms with van der Waals surface area (Å²) in [7, 11) is -9.27. The van der Waals surface area contributed by atoms with E-state index in [4.69, 9.17) is 19.6 Å². The second kappa shape index (κ2) is 11.3. The van der Waals surface area contributed by atoms with E-state index in [-0.39, 0.29) is 50.1 Å². The Bertz CT molecular complexity index is 807. The highest BCUT2D eigenvalue weighted by atomic mass is 31.2. The molecule has 32 heavy (non-hydrogen) atoms. The second-order valence-electron chi connectivity index (χ2n) is 8.93. The molecule has 1 aromatic carbocycles. The average Bonchev–Trinajstić information content (AvgIpc) is 2.56. The largest absolute Gasteiger partial charge is 0.470 e. The molecule has 0 saturated heterocycles. The van der Waals surface area contributed by atoms with Gasteiger partial charge in [-0.2, -0.15) is 0 Å². The Morgan fingerprint density at radius 2 is 1.00 bits per heavy atom. The van der Waals surface area contributed by atoms with Crippen LogP contribution in [-0.4, -0.2) is 42.3 Å². The first-order valence-electron chi connectivity index (χ1n) is 10.00. The van der Waals surface area contributed by atoms with Crippen molar-refractivity contribution in [3.05, 3.63) is 35.4 Å². The maximum atomic E-state index is 12.2. The lowest BCUT2D eigenvalue weighted by molar-refractivity contribution is -0.120. The van der Waals surface area contributed by atoms with E-state index in [1.54, 1.807) is 24.3 Å². The van der Waals surface area contributed by atoms with Crippen LogP contribution in [-0.2, 0) is 40.6 Å². The van der Waals surface area contributed by atoms with Gasteiger partial charge in [-0.05, 0) is 51.7 Å². The normalized spacial score (nSPS) is 13.2. The molecule has 0 unspecified atom stereocenters. The summed E-state index contributed by atoms with van der Waals surface area (Å²) in [6, 6.07) is 6.94. The Morgan fingerprint density at radius 3 is 1.25 bits per heavy atom. The maximum Gasteiger partial charge on any atom is 0.470 e. The molecule has 0 spiro atoms. The van der Waals surface area contributed by atoms with Crippen molar-refractivity contribution in [2.75, 3.05) is 0 Å². The lowest BCUT2D eigenvalue weighted by atomic mass is 9.96. The molecule has 0 aliphatic heterocycles. The van der Waals surface area contributed by atoms with E-state index in [0.717, 1.165) is 11.1 Å². The van der Waals surface area contributed by atoms with Crippen LogP contribution in [0.2, 0.25) is 0 Å². The van der Waals surface area contributed by atoms with Gasteiger partial charge in [0.2, 0.25) is 0 Å². The Balaban J connectivity index is 2.50. The number of hydrogen-bond acceptors (Lipinski definition) is 6. The fourth-order valence-corrected chi connectivity index (χ4v) is 4.49. The minimum absolute atomic E-state index is 0.0969. The van der Waals surface area contributed by atoms with E-state index >= 15 is 0 Å². The van der Waals surface area contributed by atoms with Gasteiger partial charge in [-0.3, -0.25) is 18.6 Å². The molecule has 0 aliphatic rings. The Morgan fingerprint density at radius 1 is 0.719 bits per heavy atom. The Kier molecular flexibility index (Phi) is 10.1. The molecule has 10 nitrogen and oxygen atoms in total. The quantitative estimate of drug-likeness (QED) is 0.282. The molecule has 0 aliphatic carbocycles. The molecule has 182 valence electrons. The molecular weight excluding hydrogens is 462 g/mol. The number of hydrogen-bond donors (Lipinski definition) is 4. The third-order valence-electron chi connectivity index (χ3n) is 4.57. The number of phosphoric acid groups is 2. The maximum absolute atomic E-state index is 12.2. The molecule has 0 saturated carbocycles. The average molecular weight is 494 g/mol. The molecule has 1 rings (SSSR count). The minimum Gasteiger partial charge on any atom is -0.303 e. The van der Waals surface area contributed by atoms with Crippen LogP contribution in [0.4, 0.5) is 0 Å². The summed E-state index contributed by atoms with van der Waals surface area (Å²) < 4.78 is 31.3. The Labute approximate surface area is 187 Å². The van der Waals surface area contributed by atoms with Crippen molar-refractivity contribution in [2.24, 2.45) is 0 Å². The topological polar surface area (TPSA) is 168 Å². The summed E-state index contributed by atoms with van der Waals surface area (Å²) in [6.45, 7) is 6.02. The summed E-state index contributed by atoms with van der Waals surface area (Å²) in [5.41, 5.74) is -0.777. The monoisotopic (exact) mass is 494 g/mol. The standard InChI is InChI=1S/C20H32O10P2/c1-19(2,29-31(23,24)25)11-9-17(21)13-15-5-7-16(8-6-15)14-18(22)10-12-20(3,4)30-32(26,27)28/h5-8H,9-14H2,1-4H3,(H2,23,24,25)(H2,26,27,28). The van der Waals surface area contributed by atoms with E-state index < -0.39 is 26.8 Å². The van der Waals surface area contributed by atoms with Crippen molar-refractivity contribution in [3.8, 4) is 0 Å². The van der Waals surface area contributed by atoms with Gasteiger partial charge in [0.25, 0.3) is 0 Å². The van der Waals surface area contributed by atoms with Gasteiger partial charge < -0.3 is 19.6 Å². The highest BCUT2D eigenvalue weighted by Crippen LogP contribution is 2.43. The van der Waals surface area contributed by atoms with Crippen LogP contribution in [0.1, 0.15) is 64.5 Å². The van der Waals surface area contributed by atoms with Crippen LogP contribution in [0.25, 0.3) is 0 Å². The van der Waals surface area contributed by atoms with Crippen molar-refractivity contribution < 1.29 is 47.3 Å². The molecule has 0 aromatic heterocycles. The SMILES string of the molecule is CC(C)(CCC(=O)Cc1ccc(CC(=O)CCC(C)(C)OP(=O)(O)O)cc1)OP(=O)(O)O. The van der Waals surface area contributed by atoms with E-state index in [9.17, 15) is 18.7 Å². The number of ketones is 2. The molecule has 0 bridgehead atoms. The number of phosphoric ester groups is 2. The van der Waals surface area contributed by atoms with Crippen LogP contribution >= 0.6 is 15.6 Å². The van der Waals surface area contributed by atoms with E-state index in [1.807, 2.05) is 0 Å². The van der Waals surface area contributed by atoms with Crippen molar-refractivity contribution >= 4 is 27.2 Å². The van der Waals surface area contributed by atoms with Gasteiger partial charge in [0.1, 0.15) is 11.6 Å². The lowest BCUT2D eigenvalue weighted by Crippen LogP contribution is -2.24. The third-order valence-corrected chi connectivity index (χ3v) is 6.03. The molecule has 0 amide bonds. The van der Waals surface area contributed by atoms with Crippen LogP contribution in [0.5, 0.6) is 0 Å². The highest BCUT2D eigenvalue weighted by Gasteiger charge is 2.30. The van der Waals surface area contributed by atoms with Gasteiger partial charge in [0.05, 0.1) is 11.2 Å². The molecule has 0 fully saturated rings. The van der Waals surface area contributed by atoms with E-state index in [0.29, 0.717) is 0 Å². The summed E-state index contributed by atoms with van der Waals surface area (Å²) in [5.74, 6) is -0.216. The van der Waals surface area contributed by atoms with E-state index in [2.05, 4.69) is 9.05 Å². The molecule has 0 radical (unpaired) electrons. The fraction of sp³-hybridized carbons (Fsp3) is 0.600. The predicted molar refractivity (Wildman–Crippen MR) is 117 cm³/mol. The number of benzene rings is 1. The smallest absolute Gasteiger partial charge is 0.303 e. The van der Waals surface area contributed by atoms with Gasteiger partial charge in [-0.1, -0.05) is 24.3 Å². The molecule has 12 heteroatoms. The molecular formula is C20H32O10P2. The van der Waals surface area contributed by atoms with Crippen molar-refractivity contribution in [1.82, 2.24) is 0 Å². The van der Waals surface area contributed by atoms with Crippen LogP contribution in [0.15, 0.2) is 24.3 Å². The molecule has 1 aromatic rings. The first-order valence-corrected chi connectivity index (χ1v) is 13.1. The van der Waals surface area contributed by atoms with Gasteiger partial charge in [-0.25, -0.2) is 9.13 Å². The fourth-order valence-electron chi connectivity index (χ4n) is 3.02. The first kappa shape index (κ1) is 28.8. The van der Waals surface area contributed by atoms with Crippen molar-refractivity contribution in [3.63, 3.8) is 0 Å². The van der Waals surface area contributed by atoms with Crippen molar-refractivity contribution in [1.29, 1.82) is 0 Å². The van der Waals surface area contributed by atoms with Crippen LogP contribution < -0.4 is 0 Å². The number of Topliss-reactive ketones (excluding diaryl/α,β-unsaturated/α-hetero) is 2. The van der Waals surface area contributed by atoms with Gasteiger partial charge in [0, 0.05) is 25.7 Å². The summed E-state index contributed by atoms with van der Waals surface area (Å²) >= 11 is 0. The zero-order valence-corrected chi connectivity index (χ0v) is 20.5. The number of carbonyl (C=O) groups excluding carboxylic acids is 2. The first-order chi connectivity index (χ1) is 14.4. The predicted octanol–water partition coefficient (Wildman–Crippen LogP) is 3.25. The summed E-state index contributed by atoms with van der Waals surface area (Å²) in [5, 5.41) is 0. The van der Waals surface area contributed by atoms with Crippen molar-refractivity contribution in [2.45, 2.75) is 77.4 Å². The molecule has 0 heterocycles. The lowest BCUT2D eigenvalue weighted by Gasteiger charge is -2.24. The number of carbonyl (C=O) groups is 2.